The molecule has 0 bridgehead atoms. The summed E-state index contributed by atoms with van der Waals surface area (Å²) in [6, 6.07) is 1.99. The van der Waals surface area contributed by atoms with E-state index in [0.29, 0.717) is 19.1 Å². The zero-order valence-corrected chi connectivity index (χ0v) is 12.0. The smallest absolute Gasteiger partial charge is 0.225 e. The highest BCUT2D eigenvalue weighted by molar-refractivity contribution is 7.16. The van der Waals surface area contributed by atoms with Crippen molar-refractivity contribution in [2.45, 2.75) is 13.8 Å². The average molecular weight is 286 g/mol. The molecule has 1 N–H and O–H groups in total. The maximum atomic E-state index is 5.88. The molecule has 0 aliphatic rings. The number of hydrogen-bond acceptors (Lipinski definition) is 5. The summed E-state index contributed by atoms with van der Waals surface area (Å²) in [5.41, 5.74) is 0. The van der Waals surface area contributed by atoms with Crippen molar-refractivity contribution in [3.63, 3.8) is 0 Å². The highest BCUT2D eigenvalue weighted by atomic mass is 35.5. The summed E-state index contributed by atoms with van der Waals surface area (Å²) in [7, 11) is 0. The summed E-state index contributed by atoms with van der Waals surface area (Å²) < 4.78 is 5.50. The summed E-state index contributed by atoms with van der Waals surface area (Å²) in [4.78, 5) is 9.27. The van der Waals surface area contributed by atoms with Crippen LogP contribution in [0.15, 0.2) is 11.4 Å². The molecule has 0 aliphatic heterocycles. The van der Waals surface area contributed by atoms with E-state index in [0.717, 1.165) is 22.6 Å². The Kier molecular flexibility index (Phi) is 4.74. The molecule has 0 fully saturated rings. The first-order valence-corrected chi connectivity index (χ1v) is 7.15. The zero-order chi connectivity index (χ0) is 13.0. The van der Waals surface area contributed by atoms with Crippen molar-refractivity contribution < 1.29 is 4.74 Å². The Morgan fingerprint density at radius 2 is 2.28 bits per heavy atom. The molecule has 0 radical (unpaired) electrons. The second-order valence-electron chi connectivity index (χ2n) is 4.38. The van der Waals surface area contributed by atoms with Gasteiger partial charge in [-0.25, -0.2) is 9.97 Å². The van der Waals surface area contributed by atoms with Gasteiger partial charge in [0.25, 0.3) is 0 Å². The van der Waals surface area contributed by atoms with E-state index in [4.69, 9.17) is 16.3 Å². The summed E-state index contributed by atoms with van der Waals surface area (Å²) in [5.74, 6) is 1.33. The monoisotopic (exact) mass is 285 g/mol. The number of anilines is 1. The molecule has 0 unspecified atom stereocenters. The van der Waals surface area contributed by atoms with Crippen LogP contribution in [0.1, 0.15) is 13.8 Å². The molecule has 2 heterocycles. The van der Waals surface area contributed by atoms with Gasteiger partial charge in [0.2, 0.25) is 5.28 Å². The van der Waals surface area contributed by atoms with Crippen molar-refractivity contribution >= 4 is 39.0 Å². The number of halogens is 1. The normalized spacial score (nSPS) is 11.3. The first-order chi connectivity index (χ1) is 8.66. The van der Waals surface area contributed by atoms with E-state index in [1.165, 1.54) is 0 Å². The van der Waals surface area contributed by atoms with E-state index in [2.05, 4.69) is 29.1 Å². The molecule has 0 saturated heterocycles. The van der Waals surface area contributed by atoms with Gasteiger partial charge in [-0.15, -0.1) is 11.3 Å². The van der Waals surface area contributed by atoms with E-state index < -0.39 is 0 Å². The minimum absolute atomic E-state index is 0.274. The van der Waals surface area contributed by atoms with Crippen LogP contribution in [0.5, 0.6) is 0 Å². The first kappa shape index (κ1) is 13.5. The fourth-order valence-corrected chi connectivity index (χ4v) is 2.51. The van der Waals surface area contributed by atoms with Crippen LogP contribution in [0.3, 0.4) is 0 Å². The number of aromatic nitrogens is 2. The van der Waals surface area contributed by atoms with Crippen molar-refractivity contribution in [3.05, 3.63) is 16.7 Å². The molecule has 0 atom stereocenters. The van der Waals surface area contributed by atoms with E-state index in [1.54, 1.807) is 11.3 Å². The zero-order valence-electron chi connectivity index (χ0n) is 10.4. The number of thiophene rings is 1. The Morgan fingerprint density at radius 1 is 1.44 bits per heavy atom. The number of nitrogens with one attached hydrogen (secondary N) is 1. The van der Waals surface area contributed by atoms with Crippen LogP contribution in [0.2, 0.25) is 5.28 Å². The Balaban J connectivity index is 1.93. The number of ether oxygens (including phenoxy) is 1. The van der Waals surface area contributed by atoms with Crippen LogP contribution in [0.25, 0.3) is 10.2 Å². The van der Waals surface area contributed by atoms with E-state index in [9.17, 15) is 0 Å². The van der Waals surface area contributed by atoms with Crippen LogP contribution in [0.4, 0.5) is 5.82 Å². The average Bonchev–Trinajstić information content (AvgIpc) is 2.75. The summed E-state index contributed by atoms with van der Waals surface area (Å²) >= 11 is 7.43. The molecule has 6 heteroatoms. The van der Waals surface area contributed by atoms with Crippen LogP contribution in [0, 0.1) is 5.92 Å². The summed E-state index contributed by atoms with van der Waals surface area (Å²) in [6.07, 6.45) is 0. The van der Waals surface area contributed by atoms with E-state index in [1.807, 2.05) is 11.4 Å². The fourth-order valence-electron chi connectivity index (χ4n) is 1.52. The first-order valence-electron chi connectivity index (χ1n) is 5.89. The lowest BCUT2D eigenvalue weighted by atomic mass is 10.2. The molecule has 0 saturated carbocycles. The highest BCUT2D eigenvalue weighted by Gasteiger charge is 2.07. The van der Waals surface area contributed by atoms with Gasteiger partial charge in [0.1, 0.15) is 10.6 Å². The van der Waals surface area contributed by atoms with Gasteiger partial charge in [0, 0.05) is 13.2 Å². The number of nitrogens with zero attached hydrogens (tertiary/aromatic N) is 2. The third kappa shape index (κ3) is 3.54. The second kappa shape index (κ2) is 6.31. The molecule has 0 spiro atoms. The standard InChI is InChI=1S/C12H16ClN3OS/c1-8(2)7-17-5-4-14-10-9-3-6-18-11(9)16-12(13)15-10/h3,6,8H,4-5,7H2,1-2H3,(H,14,15,16). The Morgan fingerprint density at radius 3 is 3.06 bits per heavy atom. The van der Waals surface area contributed by atoms with Crippen LogP contribution in [-0.4, -0.2) is 29.7 Å². The van der Waals surface area contributed by atoms with Gasteiger partial charge in [-0.2, -0.15) is 0 Å². The SMILES string of the molecule is CC(C)COCCNc1nc(Cl)nc2sccc12. The van der Waals surface area contributed by atoms with Crippen molar-refractivity contribution in [1.82, 2.24) is 9.97 Å². The minimum atomic E-state index is 0.274. The minimum Gasteiger partial charge on any atom is -0.379 e. The molecule has 18 heavy (non-hydrogen) atoms. The van der Waals surface area contributed by atoms with Crippen molar-refractivity contribution in [2.75, 3.05) is 25.1 Å². The van der Waals surface area contributed by atoms with Crippen molar-refractivity contribution in [2.24, 2.45) is 5.92 Å². The van der Waals surface area contributed by atoms with Gasteiger partial charge < -0.3 is 10.1 Å². The molecule has 2 aromatic heterocycles. The lowest BCUT2D eigenvalue weighted by molar-refractivity contribution is 0.118. The summed E-state index contributed by atoms with van der Waals surface area (Å²) in [6.45, 7) is 6.41. The molecule has 4 nitrogen and oxygen atoms in total. The number of fused-ring (bicyclic) bond motifs is 1. The predicted molar refractivity (Wildman–Crippen MR) is 76.6 cm³/mol. The molecule has 2 rings (SSSR count). The van der Waals surface area contributed by atoms with Crippen molar-refractivity contribution in [3.8, 4) is 0 Å². The van der Waals surface area contributed by atoms with Crippen LogP contribution < -0.4 is 5.32 Å². The summed E-state index contributed by atoms with van der Waals surface area (Å²) in [5, 5.41) is 6.50. The number of hydrogen-bond donors (Lipinski definition) is 1. The van der Waals surface area contributed by atoms with Gasteiger partial charge in [0.05, 0.1) is 12.0 Å². The third-order valence-electron chi connectivity index (χ3n) is 2.29. The molecule has 2 aromatic rings. The molecular weight excluding hydrogens is 270 g/mol. The van der Waals surface area contributed by atoms with Crippen LogP contribution >= 0.6 is 22.9 Å². The predicted octanol–water partition coefficient (Wildman–Crippen LogP) is 3.43. The van der Waals surface area contributed by atoms with Gasteiger partial charge in [-0.3, -0.25) is 0 Å². The largest absolute Gasteiger partial charge is 0.379 e. The lowest BCUT2D eigenvalue weighted by Crippen LogP contribution is -2.13. The lowest BCUT2D eigenvalue weighted by Gasteiger charge is -2.09. The maximum absolute atomic E-state index is 5.88. The topological polar surface area (TPSA) is 47.0 Å². The Hall–Kier alpha value is -0.910. The Labute approximate surface area is 115 Å². The third-order valence-corrected chi connectivity index (χ3v) is 3.26. The quantitative estimate of drug-likeness (QED) is 0.652. The molecule has 0 amide bonds. The molecule has 0 aliphatic carbocycles. The van der Waals surface area contributed by atoms with Gasteiger partial charge in [0.15, 0.2) is 0 Å². The second-order valence-corrected chi connectivity index (χ2v) is 5.61. The van der Waals surface area contributed by atoms with E-state index in [-0.39, 0.29) is 5.28 Å². The highest BCUT2D eigenvalue weighted by Crippen LogP contribution is 2.26. The van der Waals surface area contributed by atoms with Gasteiger partial charge in [-0.05, 0) is 29.0 Å². The van der Waals surface area contributed by atoms with Gasteiger partial charge in [-0.1, -0.05) is 13.8 Å². The Bertz CT molecular complexity index is 515. The van der Waals surface area contributed by atoms with Crippen LogP contribution in [-0.2, 0) is 4.74 Å². The molecule has 98 valence electrons. The number of rotatable bonds is 6. The molecule has 0 aromatic carbocycles. The van der Waals surface area contributed by atoms with Gasteiger partial charge >= 0.3 is 0 Å². The maximum Gasteiger partial charge on any atom is 0.225 e. The fraction of sp³-hybridized carbons (Fsp3) is 0.500. The van der Waals surface area contributed by atoms with Crippen molar-refractivity contribution in [1.29, 1.82) is 0 Å². The molecular formula is C12H16ClN3OS. The van der Waals surface area contributed by atoms with E-state index >= 15 is 0 Å².